The van der Waals surface area contributed by atoms with E-state index in [9.17, 15) is 35.1 Å². The molecular formula is C13H9F8N2O+. The van der Waals surface area contributed by atoms with E-state index < -0.39 is 46.4 Å². The van der Waals surface area contributed by atoms with Gasteiger partial charge in [-0.3, -0.25) is 0 Å². The van der Waals surface area contributed by atoms with Crippen LogP contribution in [-0.2, 0) is 0 Å². The van der Waals surface area contributed by atoms with Crippen LogP contribution >= 0.6 is 0 Å². The summed E-state index contributed by atoms with van der Waals surface area (Å²) in [4.78, 5) is 0. The number of allylic oxidation sites excluding steroid dienone is 1. The molecule has 0 N–H and O–H groups in total. The van der Waals surface area contributed by atoms with Gasteiger partial charge in [0.1, 0.15) is 7.05 Å². The minimum Gasteiger partial charge on any atom is -0.422 e. The van der Waals surface area contributed by atoms with Crippen LogP contribution in [-0.4, -0.2) is 31.5 Å². The van der Waals surface area contributed by atoms with Crippen molar-refractivity contribution in [3.63, 3.8) is 0 Å². The standard InChI is InChI=1S/C13H9F8N2O/c1-23(10(14)6-9(22-23)12(17,18)19)7-4-2-3-5-8(7)24-13(20,21)11(15)16/h2-6,11H,1H3/q+1. The van der Waals surface area contributed by atoms with Crippen LogP contribution in [0.5, 0.6) is 5.75 Å². The van der Waals surface area contributed by atoms with Gasteiger partial charge in [-0.2, -0.15) is 30.7 Å². The van der Waals surface area contributed by atoms with E-state index in [2.05, 4.69) is 9.84 Å². The van der Waals surface area contributed by atoms with Crippen LogP contribution in [0.15, 0.2) is 41.4 Å². The van der Waals surface area contributed by atoms with Crippen molar-refractivity contribution in [1.29, 1.82) is 0 Å². The van der Waals surface area contributed by atoms with Crippen LogP contribution in [0.4, 0.5) is 40.8 Å². The lowest BCUT2D eigenvalue weighted by atomic mass is 10.2. The molecular weight excluding hydrogens is 352 g/mol. The summed E-state index contributed by atoms with van der Waals surface area (Å²) in [5.41, 5.74) is -2.19. The third kappa shape index (κ3) is 3.21. The number of benzene rings is 1. The zero-order valence-corrected chi connectivity index (χ0v) is 11.8. The summed E-state index contributed by atoms with van der Waals surface area (Å²) >= 11 is 0. The van der Waals surface area contributed by atoms with E-state index in [0.29, 0.717) is 0 Å². The molecule has 11 heteroatoms. The van der Waals surface area contributed by atoms with E-state index in [1.54, 1.807) is 0 Å². The van der Waals surface area contributed by atoms with Gasteiger partial charge in [-0.25, -0.2) is 0 Å². The van der Waals surface area contributed by atoms with Crippen molar-refractivity contribution in [3.05, 3.63) is 36.3 Å². The lowest BCUT2D eigenvalue weighted by Crippen LogP contribution is -2.38. The number of nitrogens with zero attached hydrogens (tertiary/aromatic N) is 2. The lowest BCUT2D eigenvalue weighted by molar-refractivity contribution is -0.253. The first-order chi connectivity index (χ1) is 10.9. The number of rotatable bonds is 4. The topological polar surface area (TPSA) is 21.6 Å². The Morgan fingerprint density at radius 3 is 2.17 bits per heavy atom. The molecule has 132 valence electrons. The van der Waals surface area contributed by atoms with Crippen LogP contribution in [0.2, 0.25) is 0 Å². The lowest BCUT2D eigenvalue weighted by Gasteiger charge is -2.25. The van der Waals surface area contributed by atoms with Crippen molar-refractivity contribution in [2.45, 2.75) is 18.7 Å². The summed E-state index contributed by atoms with van der Waals surface area (Å²) in [7, 11) is 0.827. The average Bonchev–Trinajstić information content (AvgIpc) is 2.76. The summed E-state index contributed by atoms with van der Waals surface area (Å²) < 4.78 is 105. The first-order valence-electron chi connectivity index (χ1n) is 6.24. The Morgan fingerprint density at radius 2 is 1.67 bits per heavy atom. The van der Waals surface area contributed by atoms with Gasteiger partial charge in [0, 0.05) is 6.07 Å². The molecule has 1 aliphatic heterocycles. The fourth-order valence-electron chi connectivity index (χ4n) is 1.93. The third-order valence-corrected chi connectivity index (χ3v) is 3.10. The van der Waals surface area contributed by atoms with E-state index in [1.807, 2.05) is 0 Å². The predicted molar refractivity (Wildman–Crippen MR) is 68.4 cm³/mol. The molecule has 1 heterocycles. The van der Waals surface area contributed by atoms with Crippen LogP contribution in [0.3, 0.4) is 0 Å². The molecule has 2 rings (SSSR count). The molecule has 3 nitrogen and oxygen atoms in total. The predicted octanol–water partition coefficient (Wildman–Crippen LogP) is 4.60. The number of ether oxygens (including phenoxy) is 1. The molecule has 0 aliphatic carbocycles. The fourth-order valence-corrected chi connectivity index (χ4v) is 1.93. The largest absolute Gasteiger partial charge is 0.461 e. The van der Waals surface area contributed by atoms with Crippen LogP contribution in [0.25, 0.3) is 0 Å². The van der Waals surface area contributed by atoms with Gasteiger partial charge >= 0.3 is 24.7 Å². The summed E-state index contributed by atoms with van der Waals surface area (Å²) in [6, 6.07) is 4.02. The van der Waals surface area contributed by atoms with Gasteiger partial charge in [0.2, 0.25) is 11.4 Å². The zero-order valence-electron chi connectivity index (χ0n) is 11.8. The molecule has 0 bridgehead atoms. The van der Waals surface area contributed by atoms with E-state index in [4.69, 9.17) is 0 Å². The van der Waals surface area contributed by atoms with Crippen molar-refractivity contribution in [2.75, 3.05) is 7.05 Å². The Kier molecular flexibility index (Phi) is 4.33. The molecule has 24 heavy (non-hydrogen) atoms. The number of quaternary nitrogens is 1. The van der Waals surface area contributed by atoms with E-state index in [0.717, 1.165) is 25.2 Å². The molecule has 0 spiro atoms. The van der Waals surface area contributed by atoms with Crippen LogP contribution < -0.4 is 9.33 Å². The van der Waals surface area contributed by atoms with Crippen LogP contribution in [0, 0.1) is 0 Å². The Bertz CT molecular complexity index is 697. The highest BCUT2D eigenvalue weighted by molar-refractivity contribution is 6.02. The molecule has 1 atom stereocenters. The molecule has 0 radical (unpaired) electrons. The number of hydrogen-bond donors (Lipinski definition) is 0. The summed E-state index contributed by atoms with van der Waals surface area (Å²) in [6.45, 7) is 0. The number of halogens is 8. The van der Waals surface area contributed by atoms with Crippen molar-refractivity contribution in [2.24, 2.45) is 5.10 Å². The highest BCUT2D eigenvalue weighted by Gasteiger charge is 2.50. The molecule has 0 aromatic heterocycles. The molecule has 1 aromatic carbocycles. The maximum atomic E-state index is 14.0. The van der Waals surface area contributed by atoms with Gasteiger partial charge in [0.05, 0.1) is 6.08 Å². The molecule has 0 fully saturated rings. The van der Waals surface area contributed by atoms with Gasteiger partial charge in [0.25, 0.3) is 0 Å². The van der Waals surface area contributed by atoms with Gasteiger partial charge in [-0.15, -0.1) is 8.98 Å². The molecule has 1 aliphatic rings. The van der Waals surface area contributed by atoms with Gasteiger partial charge < -0.3 is 4.74 Å². The second-order valence-corrected chi connectivity index (χ2v) is 4.84. The summed E-state index contributed by atoms with van der Waals surface area (Å²) in [5.74, 6) is -2.38. The summed E-state index contributed by atoms with van der Waals surface area (Å²) in [6.07, 6.45) is -14.0. The monoisotopic (exact) mass is 361 g/mol. The van der Waals surface area contributed by atoms with Crippen molar-refractivity contribution in [3.8, 4) is 5.75 Å². The Morgan fingerprint density at radius 1 is 1.08 bits per heavy atom. The second-order valence-electron chi connectivity index (χ2n) is 4.84. The Labute approximate surface area is 130 Å². The van der Waals surface area contributed by atoms with Gasteiger partial charge in [0.15, 0.2) is 5.75 Å². The maximum absolute atomic E-state index is 14.0. The van der Waals surface area contributed by atoms with E-state index in [1.165, 1.54) is 6.07 Å². The number of para-hydroxylation sites is 2. The van der Waals surface area contributed by atoms with Crippen LogP contribution in [0.1, 0.15) is 0 Å². The van der Waals surface area contributed by atoms with E-state index >= 15 is 0 Å². The highest BCUT2D eigenvalue weighted by Crippen LogP contribution is 2.43. The van der Waals surface area contributed by atoms with Crippen molar-refractivity contribution >= 4 is 11.4 Å². The number of hydrogen-bond acceptors (Lipinski definition) is 2. The molecule has 1 aromatic rings. The quantitative estimate of drug-likeness (QED) is 0.436. The second kappa shape index (κ2) is 5.72. The Hall–Kier alpha value is -2.17. The van der Waals surface area contributed by atoms with E-state index in [-0.39, 0.29) is 6.08 Å². The smallest absolute Gasteiger partial charge is 0.422 e. The number of alkyl halides is 7. The normalized spacial score (nSPS) is 21.8. The fraction of sp³-hybridized carbons (Fsp3) is 0.308. The maximum Gasteiger partial charge on any atom is 0.461 e. The minimum absolute atomic E-state index is 0.0854. The molecule has 0 saturated heterocycles. The highest BCUT2D eigenvalue weighted by atomic mass is 19.4. The Balaban J connectivity index is 2.51. The van der Waals surface area contributed by atoms with Crippen molar-refractivity contribution in [1.82, 2.24) is 4.59 Å². The molecule has 1 unspecified atom stereocenters. The SMILES string of the molecule is C[N+]1(c2ccccc2OC(F)(F)C(F)F)N=C(C(F)(F)F)C=C1F. The van der Waals surface area contributed by atoms with Crippen molar-refractivity contribution < 1.29 is 39.9 Å². The molecule has 0 saturated carbocycles. The first-order valence-corrected chi connectivity index (χ1v) is 6.24. The minimum atomic E-state index is -4.98. The average molecular weight is 361 g/mol. The first kappa shape index (κ1) is 18.2. The third-order valence-electron chi connectivity index (χ3n) is 3.10. The van der Waals surface area contributed by atoms with Gasteiger partial charge in [-0.05, 0) is 6.07 Å². The summed E-state index contributed by atoms with van der Waals surface area (Å²) in [5, 5.41) is 3.13. The molecule has 0 amide bonds. The van der Waals surface area contributed by atoms with Gasteiger partial charge in [-0.1, -0.05) is 17.2 Å². The zero-order chi connectivity index (χ0) is 18.3.